The number of halogens is 1. The number of aryl methyl sites for hydroxylation is 1. The average Bonchev–Trinajstić information content (AvgIpc) is 3.22. The molecule has 8 heteroatoms. The van der Waals surface area contributed by atoms with Crippen molar-refractivity contribution in [2.75, 3.05) is 56.1 Å². The summed E-state index contributed by atoms with van der Waals surface area (Å²) >= 11 is 0. The molecule has 1 atom stereocenters. The highest BCUT2D eigenvalue weighted by atomic mass is 19.1. The first-order valence-corrected chi connectivity index (χ1v) is 10.8. The Morgan fingerprint density at radius 3 is 2.42 bits per heavy atom. The summed E-state index contributed by atoms with van der Waals surface area (Å²) < 4.78 is 15.4. The van der Waals surface area contributed by atoms with E-state index in [2.05, 4.69) is 46.1 Å². The van der Waals surface area contributed by atoms with Gasteiger partial charge in [-0.3, -0.25) is 4.79 Å². The van der Waals surface area contributed by atoms with Crippen LogP contribution in [-0.4, -0.2) is 71.9 Å². The summed E-state index contributed by atoms with van der Waals surface area (Å²) in [5.74, 6) is 0.532. The molecule has 0 saturated carbocycles. The fourth-order valence-corrected chi connectivity index (χ4v) is 4.40. The molecule has 0 N–H and O–H groups in total. The molecule has 2 fully saturated rings. The van der Waals surface area contributed by atoms with E-state index < -0.39 is 6.17 Å². The van der Waals surface area contributed by atoms with E-state index in [4.69, 9.17) is 4.98 Å². The van der Waals surface area contributed by atoms with Crippen LogP contribution >= 0.6 is 0 Å². The molecule has 7 nitrogen and oxygen atoms in total. The normalized spacial score (nSPS) is 20.0. The minimum atomic E-state index is -0.899. The van der Waals surface area contributed by atoms with Gasteiger partial charge in [0, 0.05) is 51.0 Å². The van der Waals surface area contributed by atoms with Gasteiger partial charge in [0.05, 0.1) is 24.1 Å². The average molecular weight is 423 g/mol. The molecular weight excluding hydrogens is 395 g/mol. The van der Waals surface area contributed by atoms with Crippen molar-refractivity contribution in [3.8, 4) is 11.3 Å². The first-order chi connectivity index (χ1) is 15.0. The van der Waals surface area contributed by atoms with Gasteiger partial charge in [0.2, 0.25) is 0 Å². The number of alkyl halides is 1. The first kappa shape index (κ1) is 19.9. The van der Waals surface area contributed by atoms with Crippen LogP contribution in [0.25, 0.3) is 22.2 Å². The second-order valence-electron chi connectivity index (χ2n) is 8.56. The van der Waals surface area contributed by atoms with Crippen LogP contribution in [0.4, 0.5) is 15.9 Å². The van der Waals surface area contributed by atoms with Gasteiger partial charge in [-0.2, -0.15) is 0 Å². The van der Waals surface area contributed by atoms with Crippen molar-refractivity contribution in [1.82, 2.24) is 19.4 Å². The van der Waals surface area contributed by atoms with Crippen LogP contribution < -0.4 is 15.4 Å². The lowest BCUT2D eigenvalue weighted by atomic mass is 10.1. The molecule has 0 spiro atoms. The maximum atomic E-state index is 13.9. The Hall–Kier alpha value is -3.00. The maximum absolute atomic E-state index is 13.9. The fourth-order valence-electron chi connectivity index (χ4n) is 4.40. The minimum absolute atomic E-state index is 0.160. The minimum Gasteiger partial charge on any atom is -0.369 e. The van der Waals surface area contributed by atoms with E-state index in [1.165, 1.54) is 16.6 Å². The highest BCUT2D eigenvalue weighted by molar-refractivity contribution is 5.92. The summed E-state index contributed by atoms with van der Waals surface area (Å²) in [4.78, 5) is 28.7. The third kappa shape index (κ3) is 3.76. The van der Waals surface area contributed by atoms with Gasteiger partial charge in [-0.05, 0) is 31.7 Å². The van der Waals surface area contributed by atoms with Crippen LogP contribution in [0.5, 0.6) is 0 Å². The van der Waals surface area contributed by atoms with Crippen LogP contribution in [0, 0.1) is 0 Å². The molecule has 2 aliphatic heterocycles. The number of benzene rings is 1. The standard InChI is InChI=1S/C23H27FN6O/c1-27-9-11-29(12-10-27)18-5-3-16(4-6-18)19-13-20-21(23(31)28(2)15-25-20)22(26-19)30-8-7-17(24)14-30/h3-6,13,15,17H,7-12,14H2,1-2H3/t17-/m1/s1. The van der Waals surface area contributed by atoms with Crippen molar-refractivity contribution in [2.45, 2.75) is 12.6 Å². The molecule has 0 aliphatic carbocycles. The second kappa shape index (κ2) is 7.92. The summed E-state index contributed by atoms with van der Waals surface area (Å²) in [5.41, 5.74) is 3.33. The lowest BCUT2D eigenvalue weighted by Crippen LogP contribution is -2.44. The van der Waals surface area contributed by atoms with E-state index >= 15 is 0 Å². The predicted molar refractivity (Wildman–Crippen MR) is 122 cm³/mol. The molecule has 162 valence electrons. The molecule has 2 aromatic heterocycles. The molecule has 0 amide bonds. The zero-order chi connectivity index (χ0) is 21.5. The van der Waals surface area contributed by atoms with Crippen LogP contribution in [0.1, 0.15) is 6.42 Å². The molecule has 0 radical (unpaired) electrons. The third-order valence-corrected chi connectivity index (χ3v) is 6.35. The number of pyridine rings is 1. The number of anilines is 2. The topological polar surface area (TPSA) is 57.5 Å². The zero-order valence-corrected chi connectivity index (χ0v) is 18.0. The summed E-state index contributed by atoms with van der Waals surface area (Å²) in [6.07, 6.45) is 1.08. The van der Waals surface area contributed by atoms with Crippen LogP contribution in [0.15, 0.2) is 41.5 Å². The summed E-state index contributed by atoms with van der Waals surface area (Å²) in [6, 6.07) is 10.2. The Morgan fingerprint density at radius 1 is 1.00 bits per heavy atom. The summed E-state index contributed by atoms with van der Waals surface area (Å²) in [7, 11) is 3.82. The van der Waals surface area contributed by atoms with E-state index in [-0.39, 0.29) is 12.1 Å². The lowest BCUT2D eigenvalue weighted by molar-refractivity contribution is 0.313. The highest BCUT2D eigenvalue weighted by Gasteiger charge is 2.26. The van der Waals surface area contributed by atoms with E-state index in [0.29, 0.717) is 29.7 Å². The highest BCUT2D eigenvalue weighted by Crippen LogP contribution is 2.30. The third-order valence-electron chi connectivity index (χ3n) is 6.35. The number of rotatable bonds is 3. The van der Waals surface area contributed by atoms with Crippen LogP contribution in [0.3, 0.4) is 0 Å². The van der Waals surface area contributed by atoms with E-state index in [1.807, 2.05) is 11.0 Å². The second-order valence-corrected chi connectivity index (χ2v) is 8.56. The molecule has 0 bridgehead atoms. The summed E-state index contributed by atoms with van der Waals surface area (Å²) in [6.45, 7) is 4.95. The molecule has 5 rings (SSSR count). The van der Waals surface area contributed by atoms with Crippen molar-refractivity contribution in [1.29, 1.82) is 0 Å². The predicted octanol–water partition coefficient (Wildman–Crippen LogP) is 2.30. The number of fused-ring (bicyclic) bond motifs is 1. The van der Waals surface area contributed by atoms with Gasteiger partial charge < -0.3 is 19.3 Å². The van der Waals surface area contributed by atoms with Gasteiger partial charge >= 0.3 is 0 Å². The van der Waals surface area contributed by atoms with Gasteiger partial charge in [-0.1, -0.05) is 12.1 Å². The zero-order valence-electron chi connectivity index (χ0n) is 18.0. The number of likely N-dealkylation sites (N-methyl/N-ethyl adjacent to an activating group) is 1. The summed E-state index contributed by atoms with van der Waals surface area (Å²) in [5, 5.41) is 0.455. The number of hydrogen-bond acceptors (Lipinski definition) is 6. The molecule has 1 aromatic carbocycles. The fraction of sp³-hybridized carbons (Fsp3) is 0.435. The SMILES string of the molecule is CN1CCN(c2ccc(-c3cc4ncn(C)c(=O)c4c(N4CC[C@@H](F)C4)n3)cc2)CC1. The molecule has 0 unspecified atom stereocenters. The molecule has 2 aliphatic rings. The largest absolute Gasteiger partial charge is 0.369 e. The number of nitrogens with zero attached hydrogens (tertiary/aromatic N) is 6. The van der Waals surface area contributed by atoms with Crippen LogP contribution in [0.2, 0.25) is 0 Å². The maximum Gasteiger partial charge on any atom is 0.264 e. The number of aromatic nitrogens is 3. The quantitative estimate of drug-likeness (QED) is 0.646. The van der Waals surface area contributed by atoms with Gasteiger partial charge in [0.1, 0.15) is 17.4 Å². The molecular formula is C23H27FN6O. The molecule has 4 heterocycles. The van der Waals surface area contributed by atoms with Crippen molar-refractivity contribution >= 4 is 22.4 Å². The van der Waals surface area contributed by atoms with E-state index in [9.17, 15) is 9.18 Å². The number of piperazine rings is 1. The van der Waals surface area contributed by atoms with E-state index in [1.54, 1.807) is 7.05 Å². The molecule has 31 heavy (non-hydrogen) atoms. The smallest absolute Gasteiger partial charge is 0.264 e. The Labute approximate surface area is 180 Å². The van der Waals surface area contributed by atoms with Gasteiger partial charge in [-0.25, -0.2) is 14.4 Å². The Kier molecular flexibility index (Phi) is 5.09. The number of hydrogen-bond donors (Lipinski definition) is 0. The molecule has 2 saturated heterocycles. The first-order valence-electron chi connectivity index (χ1n) is 10.8. The lowest BCUT2D eigenvalue weighted by Gasteiger charge is -2.34. The Bertz CT molecular complexity index is 1150. The van der Waals surface area contributed by atoms with Gasteiger partial charge in [0.15, 0.2) is 0 Å². The van der Waals surface area contributed by atoms with Gasteiger partial charge in [0.25, 0.3) is 5.56 Å². The monoisotopic (exact) mass is 422 g/mol. The van der Waals surface area contributed by atoms with E-state index in [0.717, 1.165) is 37.4 Å². The Balaban J connectivity index is 1.54. The van der Waals surface area contributed by atoms with Crippen LogP contribution in [-0.2, 0) is 7.05 Å². The van der Waals surface area contributed by atoms with Crippen molar-refractivity contribution in [3.63, 3.8) is 0 Å². The van der Waals surface area contributed by atoms with Gasteiger partial charge in [-0.15, -0.1) is 0 Å². The van der Waals surface area contributed by atoms with Crippen molar-refractivity contribution in [2.24, 2.45) is 7.05 Å². The van der Waals surface area contributed by atoms with Crippen molar-refractivity contribution < 1.29 is 4.39 Å². The van der Waals surface area contributed by atoms with Crippen molar-refractivity contribution in [3.05, 3.63) is 47.0 Å². The molecule has 3 aromatic rings. The Morgan fingerprint density at radius 2 is 1.74 bits per heavy atom.